The Morgan fingerprint density at radius 1 is 1.30 bits per heavy atom. The molecule has 1 aliphatic rings. The summed E-state index contributed by atoms with van der Waals surface area (Å²) in [5, 5.41) is 8.65. The molecule has 2 rings (SSSR count). The molecule has 0 saturated heterocycles. The molecule has 0 unspecified atom stereocenters. The van der Waals surface area contributed by atoms with Crippen LogP contribution >= 0.6 is 0 Å². The molecule has 0 bridgehead atoms. The molecular weight excluding hydrogens is 269 g/mol. The molecule has 0 N–H and O–H groups in total. The van der Waals surface area contributed by atoms with E-state index in [1.807, 2.05) is 6.07 Å². The van der Waals surface area contributed by atoms with Gasteiger partial charge in [-0.1, -0.05) is 12.1 Å². The summed E-state index contributed by atoms with van der Waals surface area (Å²) in [4.78, 5) is 13.2. The zero-order valence-corrected chi connectivity index (χ0v) is 10.7. The summed E-state index contributed by atoms with van der Waals surface area (Å²) in [6.07, 6.45) is -2.89. The first-order chi connectivity index (χ1) is 9.39. The van der Waals surface area contributed by atoms with Gasteiger partial charge in [0.1, 0.15) is 0 Å². The zero-order valence-electron chi connectivity index (χ0n) is 10.7. The van der Waals surface area contributed by atoms with Gasteiger partial charge in [-0.05, 0) is 25.0 Å². The maximum Gasteiger partial charge on any atom is 0.401 e. The fourth-order valence-corrected chi connectivity index (χ4v) is 1.99. The molecule has 1 fully saturated rings. The minimum atomic E-state index is -4.30. The largest absolute Gasteiger partial charge is 0.401 e. The quantitative estimate of drug-likeness (QED) is 0.780. The van der Waals surface area contributed by atoms with Crippen molar-refractivity contribution in [3.8, 4) is 6.07 Å². The molecule has 0 heterocycles. The van der Waals surface area contributed by atoms with Crippen LogP contribution in [0.1, 0.15) is 28.8 Å². The van der Waals surface area contributed by atoms with Gasteiger partial charge in [0, 0.05) is 11.6 Å². The normalized spacial score (nSPS) is 15.2. The smallest absolute Gasteiger partial charge is 0.293 e. The fraction of sp³-hybridized carbons (Fsp3) is 0.429. The van der Waals surface area contributed by atoms with Gasteiger partial charge in [0.05, 0.1) is 24.7 Å². The van der Waals surface area contributed by atoms with Gasteiger partial charge in [-0.25, -0.2) is 0 Å². The number of hydrogen-bond acceptors (Lipinski definition) is 3. The molecule has 1 saturated carbocycles. The predicted octanol–water partition coefficient (Wildman–Crippen LogP) is 2.77. The van der Waals surface area contributed by atoms with Crippen LogP contribution in [0.4, 0.5) is 13.2 Å². The maximum absolute atomic E-state index is 12.5. The molecule has 3 nitrogen and oxygen atoms in total. The molecule has 0 atom stereocenters. The highest BCUT2D eigenvalue weighted by Gasteiger charge is 2.38. The molecule has 1 aliphatic carbocycles. The monoisotopic (exact) mass is 282 g/mol. The van der Waals surface area contributed by atoms with E-state index in [2.05, 4.69) is 0 Å². The molecule has 0 radical (unpaired) electrons. The second kappa shape index (κ2) is 5.63. The molecule has 1 aromatic carbocycles. The van der Waals surface area contributed by atoms with Crippen LogP contribution in [0, 0.1) is 11.3 Å². The summed E-state index contributed by atoms with van der Waals surface area (Å²) in [7, 11) is 0. The number of carbonyl (C=O) groups excluding carboxylic acids is 1. The average Bonchev–Trinajstić information content (AvgIpc) is 3.20. The lowest BCUT2D eigenvalue weighted by Gasteiger charge is -2.22. The van der Waals surface area contributed by atoms with Crippen molar-refractivity contribution in [3.05, 3.63) is 35.4 Å². The topological polar surface area (TPSA) is 44.1 Å². The van der Waals surface area contributed by atoms with E-state index in [9.17, 15) is 18.0 Å². The zero-order chi connectivity index (χ0) is 14.8. The Morgan fingerprint density at radius 3 is 2.35 bits per heavy atom. The van der Waals surface area contributed by atoms with E-state index in [4.69, 9.17) is 5.26 Å². The number of halogens is 3. The van der Waals surface area contributed by atoms with Crippen LogP contribution in [0.5, 0.6) is 0 Å². The van der Waals surface area contributed by atoms with Crippen molar-refractivity contribution in [3.63, 3.8) is 0 Å². The third kappa shape index (κ3) is 4.07. The van der Waals surface area contributed by atoms with Gasteiger partial charge in [0.2, 0.25) is 0 Å². The minimum Gasteiger partial charge on any atom is -0.293 e. The SMILES string of the molecule is N#Cc1ccc(C(=O)CN(CC(F)(F)F)C2CC2)cc1. The Labute approximate surface area is 114 Å². The van der Waals surface area contributed by atoms with Crippen LogP contribution in [-0.4, -0.2) is 36.0 Å². The van der Waals surface area contributed by atoms with Crippen molar-refractivity contribution < 1.29 is 18.0 Å². The van der Waals surface area contributed by atoms with Crippen LogP contribution in [-0.2, 0) is 0 Å². The Bertz CT molecular complexity index is 527. The molecular formula is C14H13F3N2O. The molecule has 0 amide bonds. The first kappa shape index (κ1) is 14.5. The van der Waals surface area contributed by atoms with Crippen molar-refractivity contribution in [2.24, 2.45) is 0 Å². The van der Waals surface area contributed by atoms with E-state index in [1.54, 1.807) is 0 Å². The third-order valence-corrected chi connectivity index (χ3v) is 3.13. The predicted molar refractivity (Wildman–Crippen MR) is 66.1 cm³/mol. The Kier molecular flexibility index (Phi) is 4.09. The van der Waals surface area contributed by atoms with Crippen LogP contribution in [0.25, 0.3) is 0 Å². The number of carbonyl (C=O) groups is 1. The molecule has 0 spiro atoms. The van der Waals surface area contributed by atoms with Crippen molar-refractivity contribution in [2.75, 3.05) is 13.1 Å². The van der Waals surface area contributed by atoms with Crippen LogP contribution in [0.3, 0.4) is 0 Å². The number of rotatable bonds is 5. The highest BCUT2D eigenvalue weighted by atomic mass is 19.4. The number of hydrogen-bond donors (Lipinski definition) is 0. The van der Waals surface area contributed by atoms with Crippen molar-refractivity contribution >= 4 is 5.78 Å². The molecule has 0 aromatic heterocycles. The number of alkyl halides is 3. The maximum atomic E-state index is 12.5. The van der Waals surface area contributed by atoms with E-state index in [1.165, 1.54) is 29.2 Å². The molecule has 106 valence electrons. The second-order valence-electron chi connectivity index (χ2n) is 4.86. The first-order valence-electron chi connectivity index (χ1n) is 6.23. The number of nitrogens with zero attached hydrogens (tertiary/aromatic N) is 2. The third-order valence-electron chi connectivity index (χ3n) is 3.13. The lowest BCUT2D eigenvalue weighted by atomic mass is 10.1. The first-order valence-corrected chi connectivity index (χ1v) is 6.23. The van der Waals surface area contributed by atoms with Crippen LogP contribution < -0.4 is 0 Å². The molecule has 1 aromatic rings. The summed E-state index contributed by atoms with van der Waals surface area (Å²) >= 11 is 0. The van der Waals surface area contributed by atoms with Gasteiger partial charge in [0.25, 0.3) is 0 Å². The van der Waals surface area contributed by atoms with Gasteiger partial charge in [-0.3, -0.25) is 9.69 Å². The highest BCUT2D eigenvalue weighted by molar-refractivity contribution is 5.97. The summed E-state index contributed by atoms with van der Waals surface area (Å²) in [6, 6.07) is 7.70. The van der Waals surface area contributed by atoms with Gasteiger partial charge in [0.15, 0.2) is 5.78 Å². The lowest BCUT2D eigenvalue weighted by Crippen LogP contribution is -2.39. The number of Topliss-reactive ketones (excluding diaryl/α,β-unsaturated/α-hetero) is 1. The van der Waals surface area contributed by atoms with Crippen molar-refractivity contribution in [1.82, 2.24) is 4.90 Å². The van der Waals surface area contributed by atoms with Crippen molar-refractivity contribution in [1.29, 1.82) is 5.26 Å². The van der Waals surface area contributed by atoms with Gasteiger partial charge in [-0.15, -0.1) is 0 Å². The number of ketones is 1. The Morgan fingerprint density at radius 2 is 1.90 bits per heavy atom. The second-order valence-corrected chi connectivity index (χ2v) is 4.86. The standard InChI is InChI=1S/C14H13F3N2O/c15-14(16,17)9-19(12-5-6-12)8-13(20)11-3-1-10(7-18)2-4-11/h1-4,12H,5-6,8-9H2. The van der Waals surface area contributed by atoms with Crippen LogP contribution in [0.15, 0.2) is 24.3 Å². The molecule has 0 aliphatic heterocycles. The van der Waals surface area contributed by atoms with Gasteiger partial charge >= 0.3 is 6.18 Å². The van der Waals surface area contributed by atoms with E-state index >= 15 is 0 Å². The van der Waals surface area contributed by atoms with E-state index < -0.39 is 12.7 Å². The van der Waals surface area contributed by atoms with E-state index in [-0.39, 0.29) is 18.4 Å². The summed E-state index contributed by atoms with van der Waals surface area (Å²) < 4.78 is 37.4. The average molecular weight is 282 g/mol. The summed E-state index contributed by atoms with van der Waals surface area (Å²) in [5.41, 5.74) is 0.743. The highest BCUT2D eigenvalue weighted by Crippen LogP contribution is 2.30. The number of nitriles is 1. The summed E-state index contributed by atoms with van der Waals surface area (Å²) in [5.74, 6) is -0.356. The molecule has 20 heavy (non-hydrogen) atoms. The van der Waals surface area contributed by atoms with Crippen molar-refractivity contribution in [2.45, 2.75) is 25.1 Å². The minimum absolute atomic E-state index is 0.140. The Balaban J connectivity index is 2.02. The fourth-order valence-electron chi connectivity index (χ4n) is 1.99. The van der Waals surface area contributed by atoms with Gasteiger partial charge in [-0.2, -0.15) is 18.4 Å². The van der Waals surface area contributed by atoms with Gasteiger partial charge < -0.3 is 0 Å². The van der Waals surface area contributed by atoms with E-state index in [0.29, 0.717) is 24.0 Å². The summed E-state index contributed by atoms with van der Waals surface area (Å²) in [6.45, 7) is -1.30. The lowest BCUT2D eigenvalue weighted by molar-refractivity contribution is -0.145. The Hall–Kier alpha value is -1.87. The van der Waals surface area contributed by atoms with E-state index in [0.717, 1.165) is 0 Å². The van der Waals surface area contributed by atoms with Crippen LogP contribution in [0.2, 0.25) is 0 Å². The number of benzene rings is 1. The molecule has 6 heteroatoms.